The number of rotatable bonds is 18. The number of hydrogen-bond donors (Lipinski definition) is 9. The van der Waals surface area contributed by atoms with Crippen LogP contribution in [-0.4, -0.2) is 90.8 Å². The number of carbonyl (C=O) groups is 4. The number of likely N-dealkylation sites (tertiary alicyclic amines) is 1. The summed E-state index contributed by atoms with van der Waals surface area (Å²) in [5, 5.41) is 5.42. The van der Waals surface area contributed by atoms with Gasteiger partial charge in [0.25, 0.3) is 0 Å². The van der Waals surface area contributed by atoms with Gasteiger partial charge in [0.15, 0.2) is 11.9 Å². The van der Waals surface area contributed by atoms with E-state index in [2.05, 4.69) is 20.6 Å². The van der Waals surface area contributed by atoms with Crippen molar-refractivity contribution in [1.82, 2.24) is 15.5 Å². The number of unbranched alkanes of at least 4 members (excludes halogenated alkanes) is 1. The molecular formula is C23H46N12O4. The highest BCUT2D eigenvalue weighted by molar-refractivity contribution is 5.94. The first-order valence-electron chi connectivity index (χ1n) is 13.2. The number of nitrogens with one attached hydrogen (secondary N) is 2. The number of aliphatic imine (C=N–C) groups is 2. The number of nitrogens with two attached hydrogens (primary N) is 7. The van der Waals surface area contributed by atoms with Crippen molar-refractivity contribution >= 4 is 35.5 Å². The number of amides is 4. The van der Waals surface area contributed by atoms with Crippen LogP contribution >= 0.6 is 0 Å². The molecule has 4 atom stereocenters. The van der Waals surface area contributed by atoms with E-state index < -0.39 is 47.8 Å². The lowest BCUT2D eigenvalue weighted by Gasteiger charge is -2.29. The van der Waals surface area contributed by atoms with E-state index in [1.807, 2.05) is 0 Å². The number of carbonyl (C=O) groups excluding carboxylic acids is 4. The van der Waals surface area contributed by atoms with Crippen LogP contribution in [0.1, 0.15) is 57.8 Å². The van der Waals surface area contributed by atoms with Crippen LogP contribution in [0.3, 0.4) is 0 Å². The molecular weight excluding hydrogens is 508 g/mol. The molecule has 0 radical (unpaired) electrons. The molecule has 39 heavy (non-hydrogen) atoms. The third-order valence-corrected chi connectivity index (χ3v) is 6.31. The summed E-state index contributed by atoms with van der Waals surface area (Å²) < 4.78 is 0. The molecule has 1 fully saturated rings. The molecule has 16 nitrogen and oxygen atoms in total. The summed E-state index contributed by atoms with van der Waals surface area (Å²) in [6.45, 7) is 1.29. The lowest BCUT2D eigenvalue weighted by Crippen LogP contribution is -2.57. The maximum atomic E-state index is 13.4. The molecule has 1 rings (SSSR count). The molecule has 0 aromatic carbocycles. The summed E-state index contributed by atoms with van der Waals surface area (Å²) in [6.07, 6.45) is 3.96. The molecule has 16 N–H and O–H groups in total. The second-order valence-corrected chi connectivity index (χ2v) is 9.50. The Morgan fingerprint density at radius 1 is 0.795 bits per heavy atom. The van der Waals surface area contributed by atoms with Gasteiger partial charge in [-0.2, -0.15) is 0 Å². The first-order valence-corrected chi connectivity index (χ1v) is 13.2. The highest BCUT2D eigenvalue weighted by atomic mass is 16.2. The van der Waals surface area contributed by atoms with Crippen LogP contribution in [0.4, 0.5) is 0 Å². The van der Waals surface area contributed by atoms with Gasteiger partial charge in [0.05, 0.1) is 6.04 Å². The van der Waals surface area contributed by atoms with Crippen LogP contribution in [0, 0.1) is 0 Å². The predicted molar refractivity (Wildman–Crippen MR) is 148 cm³/mol. The maximum absolute atomic E-state index is 13.4. The largest absolute Gasteiger partial charge is 0.370 e. The minimum absolute atomic E-state index is 0.0944. The van der Waals surface area contributed by atoms with Crippen molar-refractivity contribution in [2.75, 3.05) is 26.2 Å². The van der Waals surface area contributed by atoms with Gasteiger partial charge in [-0.1, -0.05) is 6.42 Å². The zero-order valence-corrected chi connectivity index (χ0v) is 22.5. The molecule has 4 amide bonds. The Bertz CT molecular complexity index is 873. The monoisotopic (exact) mass is 554 g/mol. The fraction of sp³-hybridized carbons (Fsp3) is 0.739. The molecule has 1 saturated heterocycles. The van der Waals surface area contributed by atoms with E-state index in [9.17, 15) is 19.2 Å². The molecule has 1 heterocycles. The third-order valence-electron chi connectivity index (χ3n) is 6.31. The van der Waals surface area contributed by atoms with Crippen LogP contribution in [0.2, 0.25) is 0 Å². The van der Waals surface area contributed by atoms with E-state index in [4.69, 9.17) is 40.1 Å². The maximum Gasteiger partial charge on any atom is 0.245 e. The minimum Gasteiger partial charge on any atom is -0.370 e. The summed E-state index contributed by atoms with van der Waals surface area (Å²) in [6, 6.07) is -3.59. The molecule has 0 aliphatic carbocycles. The number of nitrogens with zero attached hydrogens (tertiary/aromatic N) is 3. The second-order valence-electron chi connectivity index (χ2n) is 9.50. The molecule has 0 aromatic rings. The van der Waals surface area contributed by atoms with E-state index in [1.165, 1.54) is 4.90 Å². The topological polar surface area (TPSA) is 302 Å². The van der Waals surface area contributed by atoms with E-state index in [-0.39, 0.29) is 37.9 Å². The van der Waals surface area contributed by atoms with Crippen LogP contribution in [-0.2, 0) is 19.2 Å². The molecule has 16 heteroatoms. The lowest BCUT2D eigenvalue weighted by atomic mass is 10.0. The van der Waals surface area contributed by atoms with Crippen LogP contribution in [0.15, 0.2) is 9.98 Å². The molecule has 1 aliphatic rings. The normalized spacial score (nSPS) is 17.0. The van der Waals surface area contributed by atoms with Crippen molar-refractivity contribution in [2.45, 2.75) is 82.0 Å². The molecule has 0 bridgehead atoms. The van der Waals surface area contributed by atoms with Crippen molar-refractivity contribution in [2.24, 2.45) is 50.1 Å². The highest BCUT2D eigenvalue weighted by Crippen LogP contribution is 2.19. The van der Waals surface area contributed by atoms with Crippen LogP contribution in [0.5, 0.6) is 0 Å². The average molecular weight is 555 g/mol. The van der Waals surface area contributed by atoms with Gasteiger partial charge >= 0.3 is 0 Å². The van der Waals surface area contributed by atoms with Crippen molar-refractivity contribution in [3.05, 3.63) is 0 Å². The summed E-state index contributed by atoms with van der Waals surface area (Å²) in [7, 11) is 0. The molecule has 1 aliphatic heterocycles. The Balaban J connectivity index is 3.05. The Kier molecular flexibility index (Phi) is 15.2. The smallest absolute Gasteiger partial charge is 0.245 e. The van der Waals surface area contributed by atoms with Crippen molar-refractivity contribution in [3.63, 3.8) is 0 Å². The summed E-state index contributed by atoms with van der Waals surface area (Å²) in [5.74, 6) is -2.34. The SMILES string of the molecule is NCCCC[C@H](N)C(=O)N[C@@H](CCCN=C(N)N)C(=O)N[C@@H](CCCN=C(N)N)C(=O)N1CCC[C@H]1C(N)=O. The third kappa shape index (κ3) is 12.6. The number of guanidine groups is 2. The first kappa shape index (κ1) is 33.4. The minimum atomic E-state index is -1.01. The summed E-state index contributed by atoms with van der Waals surface area (Å²) in [4.78, 5) is 60.6. The predicted octanol–water partition coefficient (Wildman–Crippen LogP) is -4.00. The Morgan fingerprint density at radius 2 is 1.36 bits per heavy atom. The summed E-state index contributed by atoms with van der Waals surface area (Å²) >= 11 is 0. The Hall–Kier alpha value is -3.66. The van der Waals surface area contributed by atoms with Gasteiger partial charge in [0, 0.05) is 19.6 Å². The highest BCUT2D eigenvalue weighted by Gasteiger charge is 2.37. The molecule has 0 saturated carbocycles. The molecule has 0 unspecified atom stereocenters. The van der Waals surface area contributed by atoms with Gasteiger partial charge in [0.2, 0.25) is 23.6 Å². The molecule has 0 spiro atoms. The van der Waals surface area contributed by atoms with Crippen LogP contribution in [0.25, 0.3) is 0 Å². The molecule has 222 valence electrons. The van der Waals surface area contributed by atoms with Gasteiger partial charge in [-0.15, -0.1) is 0 Å². The Labute approximate surface area is 228 Å². The van der Waals surface area contributed by atoms with E-state index in [0.717, 1.165) is 6.42 Å². The van der Waals surface area contributed by atoms with E-state index in [1.54, 1.807) is 0 Å². The Morgan fingerprint density at radius 3 is 1.90 bits per heavy atom. The van der Waals surface area contributed by atoms with Gasteiger partial charge < -0.3 is 55.7 Å². The zero-order chi connectivity index (χ0) is 29.4. The van der Waals surface area contributed by atoms with Gasteiger partial charge in [-0.25, -0.2) is 0 Å². The zero-order valence-electron chi connectivity index (χ0n) is 22.5. The van der Waals surface area contributed by atoms with E-state index >= 15 is 0 Å². The van der Waals surface area contributed by atoms with E-state index in [0.29, 0.717) is 51.6 Å². The standard InChI is InChI=1S/C23H46N12O4/c24-10-2-1-6-14(25)19(37)33-15(7-3-11-31-22(27)28)20(38)34-16(8-4-12-32-23(29)30)21(39)35-13-5-9-17(35)18(26)36/h14-17H,1-13,24-25H2,(H2,26,36)(H,33,37)(H,34,38)(H4,27,28,31)(H4,29,30,32)/t14-,15-,16-,17-/m0/s1. The summed E-state index contributed by atoms with van der Waals surface area (Å²) in [5.41, 5.74) is 38.5. The van der Waals surface area contributed by atoms with Crippen LogP contribution < -0.4 is 50.8 Å². The second kappa shape index (κ2) is 17.8. The molecule has 0 aromatic heterocycles. The fourth-order valence-corrected chi connectivity index (χ4v) is 4.25. The number of hydrogen-bond acceptors (Lipinski definition) is 8. The van der Waals surface area contributed by atoms with Gasteiger partial charge in [-0.05, 0) is 57.9 Å². The quantitative estimate of drug-likeness (QED) is 0.0449. The first-order chi connectivity index (χ1) is 18.5. The van der Waals surface area contributed by atoms with Crippen molar-refractivity contribution < 1.29 is 19.2 Å². The number of primary amides is 1. The van der Waals surface area contributed by atoms with Gasteiger partial charge in [0.1, 0.15) is 18.1 Å². The van der Waals surface area contributed by atoms with Crippen molar-refractivity contribution in [1.29, 1.82) is 0 Å². The van der Waals surface area contributed by atoms with Crippen molar-refractivity contribution in [3.8, 4) is 0 Å². The fourth-order valence-electron chi connectivity index (χ4n) is 4.25. The average Bonchev–Trinajstić information content (AvgIpc) is 3.37. The van der Waals surface area contributed by atoms with Gasteiger partial charge in [-0.3, -0.25) is 29.2 Å². The lowest BCUT2D eigenvalue weighted by molar-refractivity contribution is -0.141.